The van der Waals surface area contributed by atoms with Gasteiger partial charge in [-0.3, -0.25) is 15.4 Å². The maximum Gasteiger partial charge on any atom is 0.102 e. The zero-order chi connectivity index (χ0) is 21.9. The SMILES string of the molecule is CC(O)NCc1ccc(-c2nc3ccnc(-c4cn[nH]c4)c3cc2-c2ccccc2)cc1. The molecule has 1 atom stereocenters. The Kier molecular flexibility index (Phi) is 5.46. The Hall–Kier alpha value is -3.87. The van der Waals surface area contributed by atoms with E-state index < -0.39 is 6.23 Å². The third kappa shape index (κ3) is 4.01. The van der Waals surface area contributed by atoms with Gasteiger partial charge < -0.3 is 5.11 Å². The lowest BCUT2D eigenvalue weighted by molar-refractivity contribution is 0.155. The lowest BCUT2D eigenvalue weighted by Crippen LogP contribution is -2.24. The first kappa shape index (κ1) is 20.1. The second kappa shape index (κ2) is 8.70. The molecule has 0 aliphatic carbocycles. The van der Waals surface area contributed by atoms with Gasteiger partial charge in [-0.1, -0.05) is 54.6 Å². The zero-order valence-electron chi connectivity index (χ0n) is 17.7. The number of rotatable bonds is 6. The van der Waals surface area contributed by atoms with Crippen molar-refractivity contribution in [2.45, 2.75) is 19.7 Å². The van der Waals surface area contributed by atoms with Gasteiger partial charge in [0.05, 0.1) is 23.1 Å². The van der Waals surface area contributed by atoms with Gasteiger partial charge in [-0.25, -0.2) is 4.98 Å². The fourth-order valence-corrected chi connectivity index (χ4v) is 3.81. The van der Waals surface area contributed by atoms with Crippen LogP contribution in [0.25, 0.3) is 44.5 Å². The van der Waals surface area contributed by atoms with Gasteiger partial charge in [-0.2, -0.15) is 5.10 Å². The molecule has 0 amide bonds. The van der Waals surface area contributed by atoms with Crippen molar-refractivity contribution in [2.75, 3.05) is 0 Å². The predicted octanol–water partition coefficient (Wildman–Crippen LogP) is 4.78. The molecule has 3 aromatic heterocycles. The molecule has 2 aromatic carbocycles. The molecule has 32 heavy (non-hydrogen) atoms. The van der Waals surface area contributed by atoms with E-state index in [9.17, 15) is 5.11 Å². The Balaban J connectivity index is 1.66. The number of benzene rings is 2. The van der Waals surface area contributed by atoms with E-state index in [1.165, 1.54) is 0 Å². The predicted molar refractivity (Wildman–Crippen MR) is 127 cm³/mol. The highest BCUT2D eigenvalue weighted by atomic mass is 16.3. The summed E-state index contributed by atoms with van der Waals surface area (Å²) in [4.78, 5) is 9.68. The molecule has 5 rings (SSSR count). The van der Waals surface area contributed by atoms with Crippen LogP contribution in [0.4, 0.5) is 0 Å². The van der Waals surface area contributed by atoms with Crippen molar-refractivity contribution in [3.05, 3.63) is 90.9 Å². The second-order valence-corrected chi connectivity index (χ2v) is 7.72. The van der Waals surface area contributed by atoms with E-state index >= 15 is 0 Å². The Bertz CT molecular complexity index is 1330. The number of nitrogens with zero attached hydrogens (tertiary/aromatic N) is 3. The minimum atomic E-state index is -0.542. The maximum atomic E-state index is 9.47. The highest BCUT2D eigenvalue weighted by Gasteiger charge is 2.15. The van der Waals surface area contributed by atoms with Crippen LogP contribution in [-0.4, -0.2) is 31.5 Å². The van der Waals surface area contributed by atoms with Crippen molar-refractivity contribution in [1.82, 2.24) is 25.5 Å². The molecule has 0 aliphatic heterocycles. The molecule has 0 saturated carbocycles. The van der Waals surface area contributed by atoms with E-state index in [1.54, 1.807) is 19.3 Å². The molecule has 0 saturated heterocycles. The molecule has 6 heteroatoms. The average Bonchev–Trinajstić information content (AvgIpc) is 3.37. The highest BCUT2D eigenvalue weighted by molar-refractivity contribution is 5.98. The molecule has 0 fully saturated rings. The third-order valence-electron chi connectivity index (χ3n) is 5.43. The van der Waals surface area contributed by atoms with Crippen molar-refractivity contribution in [1.29, 1.82) is 0 Å². The topological polar surface area (TPSA) is 86.7 Å². The van der Waals surface area contributed by atoms with Gasteiger partial charge in [-0.15, -0.1) is 0 Å². The fourth-order valence-electron chi connectivity index (χ4n) is 3.81. The van der Waals surface area contributed by atoms with Gasteiger partial charge in [0.2, 0.25) is 0 Å². The Morgan fingerprint density at radius 3 is 2.47 bits per heavy atom. The normalized spacial score (nSPS) is 12.2. The molecule has 0 bridgehead atoms. The van der Waals surface area contributed by atoms with Crippen molar-refractivity contribution in [2.24, 2.45) is 0 Å². The summed E-state index contributed by atoms with van der Waals surface area (Å²) in [5.74, 6) is 0. The van der Waals surface area contributed by atoms with Gasteiger partial charge in [0.1, 0.15) is 6.23 Å². The quantitative estimate of drug-likeness (QED) is 0.344. The Morgan fingerprint density at radius 2 is 1.75 bits per heavy atom. The molecule has 0 radical (unpaired) electrons. The molecule has 0 spiro atoms. The van der Waals surface area contributed by atoms with Crippen LogP contribution in [0.3, 0.4) is 0 Å². The van der Waals surface area contributed by atoms with E-state index in [2.05, 4.69) is 63.0 Å². The smallest absolute Gasteiger partial charge is 0.102 e. The molecule has 6 nitrogen and oxygen atoms in total. The minimum absolute atomic E-state index is 0.542. The average molecular weight is 422 g/mol. The summed E-state index contributed by atoms with van der Waals surface area (Å²) in [6.45, 7) is 2.32. The van der Waals surface area contributed by atoms with Gasteiger partial charge in [0, 0.05) is 41.0 Å². The first-order chi connectivity index (χ1) is 15.7. The van der Waals surface area contributed by atoms with Gasteiger partial charge in [-0.05, 0) is 30.2 Å². The van der Waals surface area contributed by atoms with Crippen LogP contribution in [0, 0.1) is 0 Å². The molecular formula is C26H23N5O. The van der Waals surface area contributed by atoms with Crippen LogP contribution in [-0.2, 0) is 6.54 Å². The van der Waals surface area contributed by atoms with Crippen molar-refractivity contribution in [3.8, 4) is 33.6 Å². The standard InChI is InChI=1S/C26H23N5O/c1-17(32)28-14-18-7-9-20(10-8-18)26-22(19-5-3-2-4-6-19)13-23-24(31-26)11-12-27-25(23)21-15-29-30-16-21/h2-13,15-17,28,32H,14H2,1H3,(H,29,30). The number of pyridine rings is 2. The summed E-state index contributed by atoms with van der Waals surface area (Å²) in [5, 5.41) is 20.4. The first-order valence-corrected chi connectivity index (χ1v) is 10.5. The molecule has 3 heterocycles. The monoisotopic (exact) mass is 421 g/mol. The number of nitrogens with one attached hydrogen (secondary N) is 2. The summed E-state index contributed by atoms with van der Waals surface area (Å²) in [6.07, 6.45) is 4.86. The Morgan fingerprint density at radius 1 is 0.938 bits per heavy atom. The van der Waals surface area contributed by atoms with E-state index in [4.69, 9.17) is 4.98 Å². The number of aromatic nitrogens is 4. The van der Waals surface area contributed by atoms with E-state index in [0.717, 1.165) is 50.1 Å². The number of hydrogen-bond donors (Lipinski definition) is 3. The van der Waals surface area contributed by atoms with Gasteiger partial charge in [0.15, 0.2) is 0 Å². The molecule has 5 aromatic rings. The van der Waals surface area contributed by atoms with Crippen molar-refractivity contribution in [3.63, 3.8) is 0 Å². The zero-order valence-corrected chi connectivity index (χ0v) is 17.7. The fraction of sp³-hybridized carbons (Fsp3) is 0.115. The van der Waals surface area contributed by atoms with E-state index in [1.807, 2.05) is 30.5 Å². The van der Waals surface area contributed by atoms with Crippen LogP contribution in [0.5, 0.6) is 0 Å². The van der Waals surface area contributed by atoms with E-state index in [0.29, 0.717) is 6.54 Å². The number of aliphatic hydroxyl groups excluding tert-OH is 1. The first-order valence-electron chi connectivity index (χ1n) is 10.5. The van der Waals surface area contributed by atoms with E-state index in [-0.39, 0.29) is 0 Å². The van der Waals surface area contributed by atoms with Crippen molar-refractivity contribution >= 4 is 10.9 Å². The highest BCUT2D eigenvalue weighted by Crippen LogP contribution is 2.36. The second-order valence-electron chi connectivity index (χ2n) is 7.72. The number of aromatic amines is 1. The molecule has 158 valence electrons. The number of hydrogen-bond acceptors (Lipinski definition) is 5. The lowest BCUT2D eigenvalue weighted by atomic mass is 9.96. The largest absolute Gasteiger partial charge is 0.379 e. The molecule has 3 N–H and O–H groups in total. The molecule has 0 aliphatic rings. The van der Waals surface area contributed by atoms with Crippen molar-refractivity contribution < 1.29 is 5.11 Å². The number of fused-ring (bicyclic) bond motifs is 1. The summed E-state index contributed by atoms with van der Waals surface area (Å²) in [6, 6.07) is 22.7. The van der Waals surface area contributed by atoms with Crippen LogP contribution in [0.1, 0.15) is 12.5 Å². The molecular weight excluding hydrogens is 398 g/mol. The summed E-state index contributed by atoms with van der Waals surface area (Å²) in [5.41, 5.74) is 7.86. The Labute approximate surface area is 186 Å². The van der Waals surface area contributed by atoms with Gasteiger partial charge >= 0.3 is 0 Å². The van der Waals surface area contributed by atoms with Crippen LogP contribution in [0.15, 0.2) is 85.3 Å². The molecule has 1 unspecified atom stereocenters. The van der Waals surface area contributed by atoms with Crippen LogP contribution in [0.2, 0.25) is 0 Å². The number of aliphatic hydroxyl groups is 1. The van der Waals surface area contributed by atoms with Gasteiger partial charge in [0.25, 0.3) is 0 Å². The summed E-state index contributed by atoms with van der Waals surface area (Å²) in [7, 11) is 0. The number of H-pyrrole nitrogens is 1. The summed E-state index contributed by atoms with van der Waals surface area (Å²) >= 11 is 0. The van der Waals surface area contributed by atoms with Crippen LogP contribution >= 0.6 is 0 Å². The lowest BCUT2D eigenvalue weighted by Gasteiger charge is -2.14. The third-order valence-corrected chi connectivity index (χ3v) is 5.43. The maximum absolute atomic E-state index is 9.47. The summed E-state index contributed by atoms with van der Waals surface area (Å²) < 4.78 is 0. The van der Waals surface area contributed by atoms with Crippen LogP contribution < -0.4 is 5.32 Å². The minimum Gasteiger partial charge on any atom is -0.379 e.